The summed E-state index contributed by atoms with van der Waals surface area (Å²) in [4.78, 5) is 26.2. The van der Waals surface area contributed by atoms with Crippen LogP contribution in [-0.4, -0.2) is 34.8 Å². The summed E-state index contributed by atoms with van der Waals surface area (Å²) in [7, 11) is 0. The average molecular weight is 294 g/mol. The molecule has 2 rings (SSSR count). The van der Waals surface area contributed by atoms with Crippen LogP contribution < -0.4 is 5.32 Å². The summed E-state index contributed by atoms with van der Waals surface area (Å²) in [5, 5.41) is 3.48. The minimum Gasteiger partial charge on any atom is -0.303 e. The maximum absolute atomic E-state index is 12.5. The maximum atomic E-state index is 12.5. The van der Waals surface area contributed by atoms with Gasteiger partial charge in [0.25, 0.3) is 0 Å². The number of hydrogen-bond acceptors (Lipinski definition) is 3. The molecule has 0 aromatic heterocycles. The largest absolute Gasteiger partial charge is 0.303 e. The van der Waals surface area contributed by atoms with E-state index < -0.39 is 0 Å². The second-order valence-electron chi connectivity index (χ2n) is 6.81. The minimum atomic E-state index is -0.281. The molecule has 2 amide bonds. The van der Waals surface area contributed by atoms with E-state index in [0.29, 0.717) is 12.5 Å². The third-order valence-corrected chi connectivity index (χ3v) is 5.18. The first-order valence-corrected chi connectivity index (χ1v) is 8.68. The summed E-state index contributed by atoms with van der Waals surface area (Å²) in [6.45, 7) is 6.39. The molecule has 21 heavy (non-hydrogen) atoms. The standard InChI is InChI=1S/C17H30N2O2/c1-4-14(5-2)19-16(20)11-15(17(19)21)18-13-8-6-7-12(3)9-10-13/h12-15,18H,4-11H2,1-3H3. The zero-order valence-corrected chi connectivity index (χ0v) is 13.7. The SMILES string of the molecule is CCC(CC)N1C(=O)CC(NC2CCCC(C)CC2)C1=O. The Balaban J connectivity index is 1.95. The van der Waals surface area contributed by atoms with Gasteiger partial charge >= 0.3 is 0 Å². The monoisotopic (exact) mass is 294 g/mol. The highest BCUT2D eigenvalue weighted by atomic mass is 16.2. The van der Waals surface area contributed by atoms with Crippen LogP contribution in [0.25, 0.3) is 0 Å². The molecule has 0 spiro atoms. The van der Waals surface area contributed by atoms with Crippen LogP contribution in [0.2, 0.25) is 0 Å². The Bertz CT molecular complexity index is 379. The molecule has 1 heterocycles. The number of nitrogens with one attached hydrogen (secondary N) is 1. The lowest BCUT2D eigenvalue weighted by Gasteiger charge is -2.25. The van der Waals surface area contributed by atoms with Crippen LogP contribution in [0.1, 0.15) is 72.1 Å². The summed E-state index contributed by atoms with van der Waals surface area (Å²) < 4.78 is 0. The van der Waals surface area contributed by atoms with Gasteiger partial charge in [-0.05, 0) is 38.0 Å². The number of hydrogen-bond donors (Lipinski definition) is 1. The zero-order chi connectivity index (χ0) is 15.4. The molecule has 0 aromatic rings. The van der Waals surface area contributed by atoms with Crippen molar-refractivity contribution in [3.05, 3.63) is 0 Å². The Hall–Kier alpha value is -0.900. The number of rotatable bonds is 5. The van der Waals surface area contributed by atoms with Crippen molar-refractivity contribution in [3.8, 4) is 0 Å². The summed E-state index contributed by atoms with van der Waals surface area (Å²) in [5.74, 6) is 0.804. The first-order chi connectivity index (χ1) is 10.1. The van der Waals surface area contributed by atoms with Gasteiger partial charge in [-0.25, -0.2) is 0 Å². The Morgan fingerprint density at radius 3 is 2.52 bits per heavy atom. The highest BCUT2D eigenvalue weighted by Crippen LogP contribution is 2.25. The quantitative estimate of drug-likeness (QED) is 0.626. The summed E-state index contributed by atoms with van der Waals surface area (Å²) in [5.41, 5.74) is 0. The fourth-order valence-corrected chi connectivity index (χ4v) is 3.76. The first kappa shape index (κ1) is 16.5. The zero-order valence-electron chi connectivity index (χ0n) is 13.7. The van der Waals surface area contributed by atoms with Gasteiger partial charge in [-0.1, -0.05) is 33.6 Å². The van der Waals surface area contributed by atoms with Gasteiger partial charge in [0.1, 0.15) is 0 Å². The van der Waals surface area contributed by atoms with Crippen LogP contribution in [0.4, 0.5) is 0 Å². The van der Waals surface area contributed by atoms with E-state index in [0.717, 1.165) is 31.6 Å². The van der Waals surface area contributed by atoms with E-state index in [2.05, 4.69) is 12.2 Å². The lowest BCUT2D eigenvalue weighted by molar-refractivity contribution is -0.141. The highest BCUT2D eigenvalue weighted by molar-refractivity contribution is 6.05. The predicted octanol–water partition coefficient (Wildman–Crippen LogP) is 2.86. The number of carbonyl (C=O) groups excluding carboxylic acids is 2. The van der Waals surface area contributed by atoms with Crippen LogP contribution in [0.15, 0.2) is 0 Å². The molecule has 0 bridgehead atoms. The Labute approximate surface area is 128 Å². The van der Waals surface area contributed by atoms with Crippen LogP contribution in [0.3, 0.4) is 0 Å². The van der Waals surface area contributed by atoms with E-state index in [-0.39, 0.29) is 23.9 Å². The second kappa shape index (κ2) is 7.39. The van der Waals surface area contributed by atoms with Gasteiger partial charge in [0.15, 0.2) is 0 Å². The Kier molecular flexibility index (Phi) is 5.80. The molecule has 3 atom stereocenters. The van der Waals surface area contributed by atoms with Crippen molar-refractivity contribution in [1.29, 1.82) is 0 Å². The molecule has 1 saturated heterocycles. The average Bonchev–Trinajstić information content (AvgIpc) is 2.63. The molecule has 0 aromatic carbocycles. The van der Waals surface area contributed by atoms with E-state index >= 15 is 0 Å². The van der Waals surface area contributed by atoms with E-state index in [1.165, 1.54) is 24.2 Å². The van der Waals surface area contributed by atoms with Crippen LogP contribution >= 0.6 is 0 Å². The lowest BCUT2D eigenvalue weighted by Crippen LogP contribution is -2.46. The van der Waals surface area contributed by atoms with E-state index in [1.54, 1.807) is 0 Å². The topological polar surface area (TPSA) is 49.4 Å². The summed E-state index contributed by atoms with van der Waals surface area (Å²) in [6.07, 6.45) is 8.05. The Morgan fingerprint density at radius 2 is 1.86 bits per heavy atom. The van der Waals surface area contributed by atoms with E-state index in [1.807, 2.05) is 13.8 Å². The van der Waals surface area contributed by atoms with Gasteiger partial charge < -0.3 is 5.32 Å². The van der Waals surface area contributed by atoms with Gasteiger partial charge in [0.05, 0.1) is 12.5 Å². The molecular weight excluding hydrogens is 264 g/mol. The number of carbonyl (C=O) groups is 2. The van der Waals surface area contributed by atoms with Gasteiger partial charge in [-0.2, -0.15) is 0 Å². The van der Waals surface area contributed by atoms with Crippen molar-refractivity contribution in [2.24, 2.45) is 5.92 Å². The van der Waals surface area contributed by atoms with Gasteiger partial charge in [-0.3, -0.25) is 14.5 Å². The van der Waals surface area contributed by atoms with Crippen molar-refractivity contribution in [3.63, 3.8) is 0 Å². The lowest BCUT2D eigenvalue weighted by atomic mass is 10.0. The second-order valence-corrected chi connectivity index (χ2v) is 6.81. The fraction of sp³-hybridized carbons (Fsp3) is 0.882. The molecule has 2 aliphatic rings. The van der Waals surface area contributed by atoms with Crippen molar-refractivity contribution < 1.29 is 9.59 Å². The predicted molar refractivity (Wildman–Crippen MR) is 83.8 cm³/mol. The highest BCUT2D eigenvalue weighted by Gasteiger charge is 2.41. The smallest absolute Gasteiger partial charge is 0.247 e. The summed E-state index contributed by atoms with van der Waals surface area (Å²) >= 11 is 0. The molecule has 1 N–H and O–H groups in total. The molecule has 4 heteroatoms. The Morgan fingerprint density at radius 1 is 1.14 bits per heavy atom. The normalized spacial score (nSPS) is 31.0. The molecule has 1 saturated carbocycles. The number of imide groups is 1. The van der Waals surface area contributed by atoms with Gasteiger partial charge in [0.2, 0.25) is 11.8 Å². The van der Waals surface area contributed by atoms with Crippen molar-refractivity contribution in [1.82, 2.24) is 10.2 Å². The first-order valence-electron chi connectivity index (χ1n) is 8.68. The van der Waals surface area contributed by atoms with Crippen molar-refractivity contribution >= 4 is 11.8 Å². The number of likely N-dealkylation sites (tertiary alicyclic amines) is 1. The molecule has 0 radical (unpaired) electrons. The molecule has 1 aliphatic carbocycles. The molecule has 2 fully saturated rings. The van der Waals surface area contributed by atoms with Crippen LogP contribution in [0, 0.1) is 5.92 Å². The molecule has 4 nitrogen and oxygen atoms in total. The van der Waals surface area contributed by atoms with Crippen molar-refractivity contribution in [2.75, 3.05) is 0 Å². The van der Waals surface area contributed by atoms with Gasteiger partial charge in [0, 0.05) is 12.1 Å². The number of nitrogens with zero attached hydrogens (tertiary/aromatic N) is 1. The molecule has 1 aliphatic heterocycles. The van der Waals surface area contributed by atoms with Crippen molar-refractivity contribution in [2.45, 2.75) is 90.3 Å². The maximum Gasteiger partial charge on any atom is 0.247 e. The molecular formula is C17H30N2O2. The third-order valence-electron chi connectivity index (χ3n) is 5.18. The summed E-state index contributed by atoms with van der Waals surface area (Å²) in [6, 6.07) is 0.195. The van der Waals surface area contributed by atoms with Crippen LogP contribution in [-0.2, 0) is 9.59 Å². The van der Waals surface area contributed by atoms with Crippen LogP contribution in [0.5, 0.6) is 0 Å². The van der Waals surface area contributed by atoms with E-state index in [4.69, 9.17) is 0 Å². The van der Waals surface area contributed by atoms with E-state index in [9.17, 15) is 9.59 Å². The molecule has 3 unspecified atom stereocenters. The third kappa shape index (κ3) is 3.85. The molecule has 120 valence electrons. The fourth-order valence-electron chi connectivity index (χ4n) is 3.76. The minimum absolute atomic E-state index is 0.00555. The van der Waals surface area contributed by atoms with Gasteiger partial charge in [-0.15, -0.1) is 0 Å². The number of amides is 2.